The molecular formula is C19H36N2O2. The molecule has 2 N–H and O–H groups in total. The zero-order chi connectivity index (χ0) is 17.0. The largest absolute Gasteiger partial charge is 0.444 e. The molecule has 2 aliphatic rings. The van der Waals surface area contributed by atoms with Gasteiger partial charge < -0.3 is 15.4 Å². The molecule has 3 atom stereocenters. The van der Waals surface area contributed by atoms with Crippen LogP contribution in [-0.4, -0.2) is 29.8 Å². The van der Waals surface area contributed by atoms with Crippen molar-refractivity contribution >= 4 is 6.09 Å². The number of hydrogen-bond acceptors (Lipinski definition) is 3. The van der Waals surface area contributed by atoms with Crippen molar-refractivity contribution in [3.8, 4) is 0 Å². The van der Waals surface area contributed by atoms with Gasteiger partial charge >= 0.3 is 6.09 Å². The molecule has 0 saturated heterocycles. The van der Waals surface area contributed by atoms with Crippen molar-refractivity contribution in [1.29, 1.82) is 0 Å². The van der Waals surface area contributed by atoms with E-state index in [2.05, 4.69) is 24.5 Å². The fourth-order valence-electron chi connectivity index (χ4n) is 4.09. The highest BCUT2D eigenvalue weighted by atomic mass is 16.6. The SMILES string of the molecule is CC1CCC(NC2CCC(NC(=O)OC(C)(C)C)CC2)C(C)C1. The van der Waals surface area contributed by atoms with Crippen LogP contribution in [0.5, 0.6) is 0 Å². The summed E-state index contributed by atoms with van der Waals surface area (Å²) in [7, 11) is 0. The van der Waals surface area contributed by atoms with Gasteiger partial charge in [-0.1, -0.05) is 13.8 Å². The Labute approximate surface area is 142 Å². The van der Waals surface area contributed by atoms with Crippen LogP contribution in [0.1, 0.15) is 79.6 Å². The van der Waals surface area contributed by atoms with Crippen molar-refractivity contribution in [2.45, 2.75) is 103 Å². The highest BCUT2D eigenvalue weighted by Gasteiger charge is 2.30. The van der Waals surface area contributed by atoms with Gasteiger partial charge in [-0.15, -0.1) is 0 Å². The smallest absolute Gasteiger partial charge is 0.407 e. The van der Waals surface area contributed by atoms with Gasteiger partial charge in [0.25, 0.3) is 0 Å². The molecule has 3 unspecified atom stereocenters. The van der Waals surface area contributed by atoms with E-state index in [1.54, 1.807) is 0 Å². The summed E-state index contributed by atoms with van der Waals surface area (Å²) >= 11 is 0. The molecule has 2 aliphatic carbocycles. The van der Waals surface area contributed by atoms with Gasteiger partial charge in [-0.3, -0.25) is 0 Å². The zero-order valence-corrected chi connectivity index (χ0v) is 15.7. The van der Waals surface area contributed by atoms with E-state index in [0.717, 1.165) is 37.5 Å². The van der Waals surface area contributed by atoms with Crippen LogP contribution in [-0.2, 0) is 4.74 Å². The highest BCUT2D eigenvalue weighted by Crippen LogP contribution is 2.30. The molecule has 2 fully saturated rings. The lowest BCUT2D eigenvalue weighted by Crippen LogP contribution is -2.48. The number of ether oxygens (including phenoxy) is 1. The molecule has 0 bridgehead atoms. The van der Waals surface area contributed by atoms with Crippen molar-refractivity contribution in [1.82, 2.24) is 10.6 Å². The number of nitrogens with one attached hydrogen (secondary N) is 2. The summed E-state index contributed by atoms with van der Waals surface area (Å²) < 4.78 is 5.35. The minimum absolute atomic E-state index is 0.270. The van der Waals surface area contributed by atoms with E-state index in [1.165, 1.54) is 19.3 Å². The summed E-state index contributed by atoms with van der Waals surface area (Å²) in [6.45, 7) is 10.5. The first kappa shape index (κ1) is 18.6. The summed E-state index contributed by atoms with van der Waals surface area (Å²) in [5.41, 5.74) is -0.420. The van der Waals surface area contributed by atoms with E-state index in [1.807, 2.05) is 20.8 Å². The fourth-order valence-corrected chi connectivity index (χ4v) is 4.09. The van der Waals surface area contributed by atoms with E-state index in [4.69, 9.17) is 4.74 Å². The van der Waals surface area contributed by atoms with Crippen LogP contribution in [0.25, 0.3) is 0 Å². The van der Waals surface area contributed by atoms with Crippen LogP contribution in [0.15, 0.2) is 0 Å². The maximum atomic E-state index is 11.9. The van der Waals surface area contributed by atoms with Crippen molar-refractivity contribution in [2.24, 2.45) is 11.8 Å². The molecule has 4 heteroatoms. The van der Waals surface area contributed by atoms with E-state index >= 15 is 0 Å². The summed E-state index contributed by atoms with van der Waals surface area (Å²) in [6, 6.07) is 1.57. The lowest BCUT2D eigenvalue weighted by atomic mass is 9.79. The second-order valence-corrected chi connectivity index (χ2v) is 8.86. The minimum atomic E-state index is -0.420. The third-order valence-corrected chi connectivity index (χ3v) is 5.33. The summed E-state index contributed by atoms with van der Waals surface area (Å²) in [4.78, 5) is 11.9. The summed E-state index contributed by atoms with van der Waals surface area (Å²) in [6.07, 6.45) is 8.16. The van der Waals surface area contributed by atoms with E-state index in [9.17, 15) is 4.79 Å². The van der Waals surface area contributed by atoms with Crippen molar-refractivity contribution in [3.05, 3.63) is 0 Å². The van der Waals surface area contributed by atoms with Crippen LogP contribution in [0.2, 0.25) is 0 Å². The van der Waals surface area contributed by atoms with Gasteiger partial charge in [0.05, 0.1) is 0 Å². The second-order valence-electron chi connectivity index (χ2n) is 8.86. The normalized spacial score (nSPS) is 35.6. The van der Waals surface area contributed by atoms with E-state index < -0.39 is 5.60 Å². The molecule has 0 aromatic carbocycles. The van der Waals surface area contributed by atoms with E-state index in [0.29, 0.717) is 12.1 Å². The number of alkyl carbamates (subject to hydrolysis) is 1. The topological polar surface area (TPSA) is 50.4 Å². The lowest BCUT2D eigenvalue weighted by molar-refractivity contribution is 0.0488. The second kappa shape index (κ2) is 7.87. The molecule has 1 amide bonds. The van der Waals surface area contributed by atoms with Crippen LogP contribution >= 0.6 is 0 Å². The van der Waals surface area contributed by atoms with Crippen LogP contribution in [0.4, 0.5) is 4.79 Å². The Bertz CT molecular complexity index is 383. The Hall–Kier alpha value is -0.770. The molecule has 2 saturated carbocycles. The maximum absolute atomic E-state index is 11.9. The highest BCUT2D eigenvalue weighted by molar-refractivity contribution is 5.68. The average Bonchev–Trinajstić information content (AvgIpc) is 2.42. The standard InChI is InChI=1S/C19H36N2O2/c1-13-6-11-17(14(2)12-13)20-15-7-9-16(10-8-15)21-18(22)23-19(3,4)5/h13-17,20H,6-12H2,1-5H3,(H,21,22). The van der Waals surface area contributed by atoms with Crippen LogP contribution in [0.3, 0.4) is 0 Å². The third kappa shape index (κ3) is 6.33. The molecule has 0 aromatic heterocycles. The van der Waals surface area contributed by atoms with Crippen molar-refractivity contribution in [3.63, 3.8) is 0 Å². The fraction of sp³-hybridized carbons (Fsp3) is 0.947. The lowest BCUT2D eigenvalue weighted by Gasteiger charge is -2.38. The quantitative estimate of drug-likeness (QED) is 0.816. The minimum Gasteiger partial charge on any atom is -0.444 e. The van der Waals surface area contributed by atoms with Crippen molar-refractivity contribution < 1.29 is 9.53 Å². The molecule has 0 radical (unpaired) electrons. The van der Waals surface area contributed by atoms with Gasteiger partial charge in [0.1, 0.15) is 5.60 Å². The van der Waals surface area contributed by atoms with E-state index in [-0.39, 0.29) is 12.1 Å². The van der Waals surface area contributed by atoms with Gasteiger partial charge in [-0.05, 0) is 77.6 Å². The number of rotatable bonds is 3. The maximum Gasteiger partial charge on any atom is 0.407 e. The molecule has 0 spiro atoms. The molecular weight excluding hydrogens is 288 g/mol. The van der Waals surface area contributed by atoms with Crippen LogP contribution in [0, 0.1) is 11.8 Å². The van der Waals surface area contributed by atoms with Gasteiger partial charge in [0.15, 0.2) is 0 Å². The van der Waals surface area contributed by atoms with Gasteiger partial charge in [0.2, 0.25) is 0 Å². The molecule has 134 valence electrons. The third-order valence-electron chi connectivity index (χ3n) is 5.33. The predicted molar refractivity (Wildman–Crippen MR) is 94.5 cm³/mol. The Morgan fingerprint density at radius 3 is 2.13 bits per heavy atom. The molecule has 4 nitrogen and oxygen atoms in total. The Kier molecular flexibility index (Phi) is 6.35. The van der Waals surface area contributed by atoms with Crippen molar-refractivity contribution in [2.75, 3.05) is 0 Å². The van der Waals surface area contributed by atoms with Crippen LogP contribution < -0.4 is 10.6 Å². The van der Waals surface area contributed by atoms with Gasteiger partial charge in [-0.25, -0.2) is 4.79 Å². The Morgan fingerprint density at radius 1 is 0.957 bits per heavy atom. The summed E-state index contributed by atoms with van der Waals surface area (Å²) in [5.74, 6) is 1.67. The number of hydrogen-bond donors (Lipinski definition) is 2. The van der Waals surface area contributed by atoms with Gasteiger partial charge in [0, 0.05) is 18.1 Å². The first-order chi connectivity index (χ1) is 10.7. The number of carbonyl (C=O) groups is 1. The Morgan fingerprint density at radius 2 is 1.57 bits per heavy atom. The molecule has 23 heavy (non-hydrogen) atoms. The first-order valence-electron chi connectivity index (χ1n) is 9.48. The zero-order valence-electron chi connectivity index (χ0n) is 15.7. The Balaban J connectivity index is 1.69. The number of carbonyl (C=O) groups excluding carboxylic acids is 1. The average molecular weight is 325 g/mol. The molecule has 0 aliphatic heterocycles. The first-order valence-corrected chi connectivity index (χ1v) is 9.48. The number of amides is 1. The predicted octanol–water partition coefficient (Wildman–Crippen LogP) is 4.24. The van der Waals surface area contributed by atoms with Gasteiger partial charge in [-0.2, -0.15) is 0 Å². The monoisotopic (exact) mass is 324 g/mol. The molecule has 0 heterocycles. The molecule has 0 aromatic rings. The molecule has 2 rings (SSSR count). The summed E-state index contributed by atoms with van der Waals surface area (Å²) in [5, 5.41) is 6.92.